The number of benzene rings is 2. The SMILES string of the molecule is CNC(=O)c1ccccc1NC(=O)c1cc(C)n(-c2ccccc2F)c1C. The Balaban J connectivity index is 1.98. The van der Waals surface area contributed by atoms with Gasteiger partial charge in [-0.3, -0.25) is 9.59 Å². The standard InChI is InChI=1S/C21H20FN3O2/c1-13-12-16(14(2)25(13)19-11-7-5-9-17(19)22)21(27)24-18-10-6-4-8-15(18)20(26)23-3/h4-12H,1-3H3,(H,23,26)(H,24,27). The molecular weight excluding hydrogens is 345 g/mol. The first-order chi connectivity index (χ1) is 12.9. The third-order valence-electron chi connectivity index (χ3n) is 4.42. The molecule has 0 saturated carbocycles. The normalized spacial score (nSPS) is 10.5. The summed E-state index contributed by atoms with van der Waals surface area (Å²) >= 11 is 0. The molecule has 2 amide bonds. The van der Waals surface area contributed by atoms with Crippen LogP contribution in [0.15, 0.2) is 54.6 Å². The van der Waals surface area contributed by atoms with Crippen LogP contribution in [0.5, 0.6) is 0 Å². The zero-order chi connectivity index (χ0) is 19.6. The first kappa shape index (κ1) is 18.4. The molecule has 6 heteroatoms. The molecule has 2 aromatic carbocycles. The summed E-state index contributed by atoms with van der Waals surface area (Å²) in [7, 11) is 1.53. The maximum atomic E-state index is 14.2. The number of carbonyl (C=O) groups is 2. The number of hydrogen-bond donors (Lipinski definition) is 2. The molecule has 5 nitrogen and oxygen atoms in total. The Hall–Kier alpha value is -3.41. The van der Waals surface area contributed by atoms with E-state index in [-0.39, 0.29) is 17.6 Å². The molecule has 0 aliphatic heterocycles. The quantitative estimate of drug-likeness (QED) is 0.738. The number of nitrogens with one attached hydrogen (secondary N) is 2. The minimum atomic E-state index is -0.365. The van der Waals surface area contributed by atoms with Crippen molar-refractivity contribution in [3.8, 4) is 5.69 Å². The predicted molar refractivity (Wildman–Crippen MR) is 103 cm³/mol. The van der Waals surface area contributed by atoms with Crippen molar-refractivity contribution in [2.75, 3.05) is 12.4 Å². The van der Waals surface area contributed by atoms with Gasteiger partial charge in [0.25, 0.3) is 11.8 Å². The molecule has 0 atom stereocenters. The smallest absolute Gasteiger partial charge is 0.257 e. The van der Waals surface area contributed by atoms with E-state index in [0.717, 1.165) is 5.69 Å². The summed E-state index contributed by atoms with van der Waals surface area (Å²) in [5.41, 5.74) is 2.95. The average molecular weight is 365 g/mol. The fourth-order valence-corrected chi connectivity index (χ4v) is 3.11. The molecule has 27 heavy (non-hydrogen) atoms. The van der Waals surface area contributed by atoms with E-state index in [9.17, 15) is 14.0 Å². The molecule has 3 rings (SSSR count). The molecule has 0 saturated heterocycles. The van der Waals surface area contributed by atoms with Crippen molar-refractivity contribution >= 4 is 17.5 Å². The number of hydrogen-bond acceptors (Lipinski definition) is 2. The molecule has 138 valence electrons. The number of para-hydroxylation sites is 2. The number of amides is 2. The number of aryl methyl sites for hydroxylation is 1. The number of anilines is 1. The fourth-order valence-electron chi connectivity index (χ4n) is 3.11. The van der Waals surface area contributed by atoms with E-state index in [1.807, 2.05) is 6.92 Å². The lowest BCUT2D eigenvalue weighted by molar-refractivity contribution is 0.0964. The van der Waals surface area contributed by atoms with E-state index < -0.39 is 0 Å². The second kappa shape index (κ2) is 7.45. The van der Waals surface area contributed by atoms with Crippen molar-refractivity contribution < 1.29 is 14.0 Å². The Bertz CT molecular complexity index is 1020. The summed E-state index contributed by atoms with van der Waals surface area (Å²) in [6.45, 7) is 3.58. The molecule has 0 bridgehead atoms. The monoisotopic (exact) mass is 365 g/mol. The maximum Gasteiger partial charge on any atom is 0.257 e. The van der Waals surface area contributed by atoms with E-state index >= 15 is 0 Å². The zero-order valence-electron chi connectivity index (χ0n) is 15.3. The van der Waals surface area contributed by atoms with Crippen molar-refractivity contribution in [2.45, 2.75) is 13.8 Å². The van der Waals surface area contributed by atoms with Gasteiger partial charge in [-0.25, -0.2) is 4.39 Å². The number of rotatable bonds is 4. The number of halogens is 1. The summed E-state index contributed by atoms with van der Waals surface area (Å²) < 4.78 is 15.9. The van der Waals surface area contributed by atoms with Crippen molar-refractivity contribution in [3.05, 3.63) is 82.9 Å². The summed E-state index contributed by atoms with van der Waals surface area (Å²) in [5, 5.41) is 5.33. The summed E-state index contributed by atoms with van der Waals surface area (Å²) in [6.07, 6.45) is 0. The number of aromatic nitrogens is 1. The first-order valence-corrected chi connectivity index (χ1v) is 8.50. The van der Waals surface area contributed by atoms with Crippen molar-refractivity contribution in [2.24, 2.45) is 0 Å². The zero-order valence-corrected chi connectivity index (χ0v) is 15.3. The van der Waals surface area contributed by atoms with Gasteiger partial charge in [0, 0.05) is 18.4 Å². The Morgan fingerprint density at radius 3 is 2.30 bits per heavy atom. The highest BCUT2D eigenvalue weighted by atomic mass is 19.1. The molecule has 0 aliphatic carbocycles. The molecule has 0 spiro atoms. The van der Waals surface area contributed by atoms with Crippen LogP contribution in [0.2, 0.25) is 0 Å². The van der Waals surface area contributed by atoms with Crippen LogP contribution in [0.1, 0.15) is 32.1 Å². The second-order valence-corrected chi connectivity index (χ2v) is 6.15. The highest BCUT2D eigenvalue weighted by molar-refractivity contribution is 6.09. The molecule has 2 N–H and O–H groups in total. The van der Waals surface area contributed by atoms with Crippen LogP contribution in [0, 0.1) is 19.7 Å². The van der Waals surface area contributed by atoms with Gasteiger partial charge < -0.3 is 15.2 Å². The maximum absolute atomic E-state index is 14.2. The van der Waals surface area contributed by atoms with Crippen LogP contribution in [0.4, 0.5) is 10.1 Å². The average Bonchev–Trinajstić information content (AvgIpc) is 2.96. The summed E-state index contributed by atoms with van der Waals surface area (Å²) in [4.78, 5) is 24.8. The van der Waals surface area contributed by atoms with E-state index in [0.29, 0.717) is 28.2 Å². The minimum Gasteiger partial charge on any atom is -0.355 e. The Labute approximate surface area is 156 Å². The van der Waals surface area contributed by atoms with Gasteiger partial charge in [0.1, 0.15) is 5.82 Å². The highest BCUT2D eigenvalue weighted by Crippen LogP contribution is 2.24. The van der Waals surface area contributed by atoms with Crippen LogP contribution >= 0.6 is 0 Å². The second-order valence-electron chi connectivity index (χ2n) is 6.15. The molecule has 0 radical (unpaired) electrons. The van der Waals surface area contributed by atoms with Crippen LogP contribution < -0.4 is 10.6 Å². The van der Waals surface area contributed by atoms with Gasteiger partial charge in [-0.1, -0.05) is 24.3 Å². The van der Waals surface area contributed by atoms with Crippen LogP contribution in [-0.2, 0) is 0 Å². The molecule has 0 unspecified atom stereocenters. The van der Waals surface area contributed by atoms with E-state index in [4.69, 9.17) is 0 Å². The van der Waals surface area contributed by atoms with Gasteiger partial charge in [0.05, 0.1) is 22.5 Å². The van der Waals surface area contributed by atoms with Crippen molar-refractivity contribution in [1.82, 2.24) is 9.88 Å². The predicted octanol–water partition coefficient (Wildman–Crippen LogP) is 3.85. The third kappa shape index (κ3) is 3.46. The summed E-state index contributed by atoms with van der Waals surface area (Å²) in [5.74, 6) is -1.01. The highest BCUT2D eigenvalue weighted by Gasteiger charge is 2.20. The van der Waals surface area contributed by atoms with Gasteiger partial charge in [0.15, 0.2) is 0 Å². The first-order valence-electron chi connectivity index (χ1n) is 8.50. The Morgan fingerprint density at radius 1 is 0.926 bits per heavy atom. The van der Waals surface area contributed by atoms with Crippen LogP contribution in [0.25, 0.3) is 5.69 Å². The minimum absolute atomic E-state index is 0.289. The fraction of sp³-hybridized carbons (Fsp3) is 0.143. The number of nitrogens with zero attached hydrogens (tertiary/aromatic N) is 1. The molecule has 1 heterocycles. The Morgan fingerprint density at radius 2 is 1.59 bits per heavy atom. The largest absolute Gasteiger partial charge is 0.355 e. The molecular formula is C21H20FN3O2. The lowest BCUT2D eigenvalue weighted by Crippen LogP contribution is -2.21. The van der Waals surface area contributed by atoms with Crippen molar-refractivity contribution in [1.29, 1.82) is 0 Å². The molecule has 1 aromatic heterocycles. The van der Waals surface area contributed by atoms with Crippen LogP contribution in [-0.4, -0.2) is 23.4 Å². The van der Waals surface area contributed by atoms with E-state index in [2.05, 4.69) is 10.6 Å². The van der Waals surface area contributed by atoms with E-state index in [1.165, 1.54) is 13.1 Å². The topological polar surface area (TPSA) is 63.1 Å². The van der Waals surface area contributed by atoms with Gasteiger partial charge >= 0.3 is 0 Å². The molecule has 0 fully saturated rings. The summed E-state index contributed by atoms with van der Waals surface area (Å²) in [6, 6.07) is 14.9. The van der Waals surface area contributed by atoms with Gasteiger partial charge in [-0.05, 0) is 44.2 Å². The third-order valence-corrected chi connectivity index (χ3v) is 4.42. The van der Waals surface area contributed by atoms with Crippen LogP contribution in [0.3, 0.4) is 0 Å². The Kier molecular flexibility index (Phi) is 5.07. The lowest BCUT2D eigenvalue weighted by atomic mass is 10.1. The molecule has 0 aliphatic rings. The van der Waals surface area contributed by atoms with Gasteiger partial charge in [-0.2, -0.15) is 0 Å². The lowest BCUT2D eigenvalue weighted by Gasteiger charge is -2.12. The van der Waals surface area contributed by atoms with Crippen molar-refractivity contribution in [3.63, 3.8) is 0 Å². The number of carbonyl (C=O) groups excluding carboxylic acids is 2. The molecule has 3 aromatic rings. The van der Waals surface area contributed by atoms with Gasteiger partial charge in [-0.15, -0.1) is 0 Å². The van der Waals surface area contributed by atoms with E-state index in [1.54, 1.807) is 60.0 Å². The van der Waals surface area contributed by atoms with Gasteiger partial charge in [0.2, 0.25) is 0 Å².